The highest BCUT2D eigenvalue weighted by Crippen LogP contribution is 2.60. The zero-order valence-electron chi connectivity index (χ0n) is 21.8. The van der Waals surface area contributed by atoms with Crippen LogP contribution in [0.3, 0.4) is 0 Å². The van der Waals surface area contributed by atoms with Gasteiger partial charge in [0.1, 0.15) is 17.9 Å². The summed E-state index contributed by atoms with van der Waals surface area (Å²) in [6, 6.07) is 17.0. The van der Waals surface area contributed by atoms with Crippen LogP contribution in [0, 0.1) is 39.4 Å². The number of fused-ring (bicyclic) bond motifs is 3. The van der Waals surface area contributed by atoms with Gasteiger partial charge in [0.05, 0.1) is 29.4 Å². The van der Waals surface area contributed by atoms with Crippen LogP contribution >= 0.6 is 0 Å². The van der Waals surface area contributed by atoms with E-state index in [1.54, 1.807) is 0 Å². The zero-order valence-corrected chi connectivity index (χ0v) is 21.8. The van der Waals surface area contributed by atoms with E-state index in [1.165, 1.54) is 32.1 Å². The summed E-state index contributed by atoms with van der Waals surface area (Å²) in [5.41, 5.74) is 5.21. The predicted molar refractivity (Wildman–Crippen MR) is 142 cm³/mol. The lowest BCUT2D eigenvalue weighted by atomic mass is 9.50. The van der Waals surface area contributed by atoms with Gasteiger partial charge in [-0.15, -0.1) is 0 Å². The lowest BCUT2D eigenvalue weighted by Gasteiger charge is -2.54. The van der Waals surface area contributed by atoms with Crippen molar-refractivity contribution in [3.05, 3.63) is 63.7 Å². The first-order valence-corrected chi connectivity index (χ1v) is 13.7. The maximum absolute atomic E-state index is 10.2. The van der Waals surface area contributed by atoms with Crippen LogP contribution in [0.4, 0.5) is 0 Å². The van der Waals surface area contributed by atoms with Crippen molar-refractivity contribution in [1.82, 2.24) is 0 Å². The molecule has 0 heterocycles. The Balaban J connectivity index is 1.55. The van der Waals surface area contributed by atoms with Crippen molar-refractivity contribution >= 4 is 0 Å². The first-order chi connectivity index (χ1) is 17.5. The Hall–Kier alpha value is -3.29. The number of hydrogen-bond donors (Lipinski definition) is 0. The zero-order chi connectivity index (χ0) is 25.6. The smallest absolute Gasteiger partial charge is 0.120 e. The van der Waals surface area contributed by atoms with Crippen LogP contribution in [0.2, 0.25) is 0 Å². The molecule has 2 aromatic rings. The molecular formula is C32H37N3O. The van der Waals surface area contributed by atoms with Crippen molar-refractivity contribution in [1.29, 1.82) is 15.8 Å². The van der Waals surface area contributed by atoms with E-state index in [4.69, 9.17) is 4.74 Å². The van der Waals surface area contributed by atoms with Crippen LogP contribution in [0.15, 0.2) is 30.3 Å². The van der Waals surface area contributed by atoms with Gasteiger partial charge in [-0.05, 0) is 104 Å². The Kier molecular flexibility index (Phi) is 8.01. The first kappa shape index (κ1) is 25.8. The summed E-state index contributed by atoms with van der Waals surface area (Å²) in [5.74, 6) is 0.722. The molecule has 3 aliphatic carbocycles. The van der Waals surface area contributed by atoms with E-state index in [0.29, 0.717) is 41.6 Å². The molecule has 4 nitrogen and oxygen atoms in total. The van der Waals surface area contributed by atoms with Gasteiger partial charge in [0.15, 0.2) is 0 Å². The molecule has 0 radical (unpaired) electrons. The second-order valence-electron chi connectivity index (χ2n) is 10.9. The van der Waals surface area contributed by atoms with Gasteiger partial charge >= 0.3 is 0 Å². The summed E-state index contributed by atoms with van der Waals surface area (Å²) in [5, 5.41) is 30.0. The highest BCUT2D eigenvalue weighted by atomic mass is 16.5. The van der Waals surface area contributed by atoms with Gasteiger partial charge in [-0.25, -0.2) is 0 Å². The molecule has 0 saturated heterocycles. The molecular weight excluding hydrogens is 442 g/mol. The van der Waals surface area contributed by atoms with E-state index in [0.717, 1.165) is 54.5 Å². The summed E-state index contributed by atoms with van der Waals surface area (Å²) >= 11 is 0. The molecule has 3 saturated carbocycles. The van der Waals surface area contributed by atoms with E-state index in [9.17, 15) is 15.8 Å². The molecule has 3 aliphatic rings. The number of unbranched alkanes of at least 4 members (excludes halogenated alkanes) is 1. The van der Waals surface area contributed by atoms with Crippen LogP contribution in [0.25, 0.3) is 0 Å². The molecule has 5 rings (SSSR count). The van der Waals surface area contributed by atoms with Crippen LogP contribution in [-0.2, 0) is 18.3 Å². The van der Waals surface area contributed by atoms with Gasteiger partial charge in [0.2, 0.25) is 0 Å². The van der Waals surface area contributed by atoms with Gasteiger partial charge in [-0.1, -0.05) is 44.9 Å². The fraction of sp³-hybridized carbons (Fsp3) is 0.531. The monoisotopic (exact) mass is 479 g/mol. The van der Waals surface area contributed by atoms with Crippen molar-refractivity contribution < 1.29 is 4.74 Å². The topological polar surface area (TPSA) is 80.6 Å². The fourth-order valence-corrected chi connectivity index (χ4v) is 6.68. The second kappa shape index (κ2) is 11.2. The standard InChI is InChI=1S/C32H37N3O/c1-3-5-19-36-27-10-8-24(26(20-27)21-33)6-7-25-9-11-30(29(23-35)28(25)22-34)32-16-13-31(12-4-2,14-17-32)15-18-32/h8-11,20H,3-7,12-19H2,1-2H3. The summed E-state index contributed by atoms with van der Waals surface area (Å²) in [6.07, 6.45) is 13.0. The van der Waals surface area contributed by atoms with Crippen molar-refractivity contribution in [2.75, 3.05) is 6.61 Å². The summed E-state index contributed by atoms with van der Waals surface area (Å²) in [4.78, 5) is 0. The highest BCUT2D eigenvalue weighted by molar-refractivity contribution is 5.57. The highest BCUT2D eigenvalue weighted by Gasteiger charge is 2.49. The predicted octanol–water partition coefficient (Wildman–Crippen LogP) is 7.66. The van der Waals surface area contributed by atoms with Crippen molar-refractivity contribution in [2.45, 2.75) is 96.3 Å². The number of nitrogens with zero attached hydrogens (tertiary/aromatic N) is 3. The van der Waals surface area contributed by atoms with Crippen molar-refractivity contribution in [3.8, 4) is 24.0 Å². The fourth-order valence-electron chi connectivity index (χ4n) is 6.68. The van der Waals surface area contributed by atoms with Crippen LogP contribution in [0.1, 0.15) is 111 Å². The average molecular weight is 480 g/mol. The Labute approximate surface area is 216 Å². The van der Waals surface area contributed by atoms with Gasteiger partial charge in [-0.2, -0.15) is 15.8 Å². The normalized spacial score (nSPS) is 22.4. The maximum atomic E-state index is 10.2. The molecule has 3 fully saturated rings. The second-order valence-corrected chi connectivity index (χ2v) is 10.9. The van der Waals surface area contributed by atoms with Gasteiger partial charge in [0, 0.05) is 0 Å². The molecule has 0 N–H and O–H groups in total. The molecule has 36 heavy (non-hydrogen) atoms. The molecule has 0 spiro atoms. The molecule has 2 bridgehead atoms. The van der Waals surface area contributed by atoms with Crippen LogP contribution in [0.5, 0.6) is 5.75 Å². The number of hydrogen-bond acceptors (Lipinski definition) is 4. The van der Waals surface area contributed by atoms with E-state index in [1.807, 2.05) is 18.2 Å². The Morgan fingerprint density at radius 1 is 0.778 bits per heavy atom. The van der Waals surface area contributed by atoms with E-state index in [-0.39, 0.29) is 5.41 Å². The number of nitriles is 3. The third-order valence-corrected chi connectivity index (χ3v) is 8.90. The molecule has 0 aromatic heterocycles. The van der Waals surface area contributed by atoms with E-state index < -0.39 is 0 Å². The Morgan fingerprint density at radius 2 is 1.44 bits per heavy atom. The summed E-state index contributed by atoms with van der Waals surface area (Å²) in [7, 11) is 0. The molecule has 186 valence electrons. The lowest BCUT2D eigenvalue weighted by molar-refractivity contribution is 0.0319. The third kappa shape index (κ3) is 4.99. The summed E-state index contributed by atoms with van der Waals surface area (Å²) < 4.78 is 5.76. The van der Waals surface area contributed by atoms with E-state index in [2.05, 4.69) is 44.2 Å². The van der Waals surface area contributed by atoms with Gasteiger partial charge < -0.3 is 4.74 Å². The lowest BCUT2D eigenvalue weighted by Crippen LogP contribution is -2.44. The Bertz CT molecular complexity index is 1200. The molecule has 2 aromatic carbocycles. The van der Waals surface area contributed by atoms with Crippen molar-refractivity contribution in [2.24, 2.45) is 5.41 Å². The van der Waals surface area contributed by atoms with Gasteiger partial charge in [0.25, 0.3) is 0 Å². The third-order valence-electron chi connectivity index (χ3n) is 8.90. The minimum absolute atomic E-state index is 0.0479. The van der Waals surface area contributed by atoms with Gasteiger partial charge in [-0.3, -0.25) is 0 Å². The number of aryl methyl sites for hydroxylation is 2. The molecule has 4 heteroatoms. The molecule has 0 unspecified atom stereocenters. The minimum Gasteiger partial charge on any atom is -0.494 e. The maximum Gasteiger partial charge on any atom is 0.120 e. The summed E-state index contributed by atoms with van der Waals surface area (Å²) in [6.45, 7) is 5.05. The minimum atomic E-state index is 0.0479. The molecule has 0 amide bonds. The van der Waals surface area contributed by atoms with Crippen LogP contribution < -0.4 is 4.74 Å². The number of ether oxygens (including phenoxy) is 1. The number of benzene rings is 2. The SMILES string of the molecule is CCCCOc1ccc(CCc2ccc(C34CCC(CCC)(CC3)CC4)c(C#N)c2C#N)c(C#N)c1. The first-order valence-electron chi connectivity index (χ1n) is 13.7. The quantitative estimate of drug-likeness (QED) is 0.328. The Morgan fingerprint density at radius 3 is 2.06 bits per heavy atom. The molecule has 0 aliphatic heterocycles. The molecule has 0 atom stereocenters. The average Bonchev–Trinajstić information content (AvgIpc) is 2.92. The number of rotatable bonds is 10. The van der Waals surface area contributed by atoms with E-state index >= 15 is 0 Å². The largest absolute Gasteiger partial charge is 0.494 e. The van der Waals surface area contributed by atoms with Crippen molar-refractivity contribution in [3.63, 3.8) is 0 Å². The van der Waals surface area contributed by atoms with Crippen LogP contribution in [-0.4, -0.2) is 6.61 Å².